The number of rotatable bonds is 5. The molecule has 3 aliphatic carbocycles. The van der Waals surface area contributed by atoms with E-state index in [1.54, 1.807) is 5.57 Å². The first-order chi connectivity index (χ1) is 14.1. The highest BCUT2D eigenvalue weighted by Crippen LogP contribution is 2.59. The van der Waals surface area contributed by atoms with E-state index in [-0.39, 0.29) is 6.10 Å². The molecule has 0 bridgehead atoms. The molecule has 3 aliphatic rings. The average molecular weight is 411 g/mol. The van der Waals surface area contributed by atoms with E-state index >= 15 is 0 Å². The Morgan fingerprint density at radius 3 is 2.53 bits per heavy atom. The summed E-state index contributed by atoms with van der Waals surface area (Å²) in [5.41, 5.74) is 4.32. The van der Waals surface area contributed by atoms with Crippen molar-refractivity contribution in [2.75, 3.05) is 0 Å². The lowest BCUT2D eigenvalue weighted by Gasteiger charge is -2.44. The molecule has 0 aliphatic heterocycles. The Kier molecular flexibility index (Phi) is 7.54. The fourth-order valence-corrected chi connectivity index (χ4v) is 6.56. The zero-order chi connectivity index (χ0) is 22.1. The van der Waals surface area contributed by atoms with E-state index < -0.39 is 0 Å². The number of aliphatic hydroxyl groups excluding tert-OH is 1. The molecule has 0 unspecified atom stereocenters. The van der Waals surface area contributed by atoms with E-state index in [2.05, 4.69) is 72.4 Å². The average Bonchev–Trinajstić information content (AvgIpc) is 3.04. The third-order valence-electron chi connectivity index (χ3n) is 8.95. The fourth-order valence-electron chi connectivity index (χ4n) is 6.56. The van der Waals surface area contributed by atoms with Crippen LogP contribution in [0, 0.1) is 40.9 Å². The van der Waals surface area contributed by atoms with Gasteiger partial charge >= 0.3 is 0 Å². The van der Waals surface area contributed by atoms with E-state index in [4.69, 9.17) is 0 Å². The fraction of sp³-hybridized carbons (Fsp3) is 0.724. The van der Waals surface area contributed by atoms with Crippen LogP contribution in [0.2, 0.25) is 0 Å². The number of fused-ring (bicyclic) bond motifs is 1. The standard InChI is InChI=1S/C29H46O/c1-19(2)21(4)10-11-22(5)26-14-15-27-24(9-8-16-29(26,27)7)12-13-25-17-20(3)18-28(30)23(25)6/h10-13,19-22,26-28,30H,6,8-9,14-18H2,1-5,7H3/b11-10+,24-12+,25-13-/t20-,21+,22-,26-,27+,28+,29-/m1/s1. The molecule has 0 aromatic carbocycles. The van der Waals surface area contributed by atoms with Crippen LogP contribution in [0.5, 0.6) is 0 Å². The van der Waals surface area contributed by atoms with Crippen molar-refractivity contribution in [2.24, 2.45) is 40.9 Å². The van der Waals surface area contributed by atoms with Gasteiger partial charge in [0.15, 0.2) is 0 Å². The van der Waals surface area contributed by atoms with Gasteiger partial charge in [-0.25, -0.2) is 0 Å². The van der Waals surface area contributed by atoms with Crippen LogP contribution in [0.25, 0.3) is 0 Å². The molecule has 30 heavy (non-hydrogen) atoms. The largest absolute Gasteiger partial charge is 0.388 e. The van der Waals surface area contributed by atoms with E-state index in [9.17, 15) is 5.11 Å². The van der Waals surface area contributed by atoms with Crippen LogP contribution >= 0.6 is 0 Å². The number of aliphatic hydroxyl groups is 1. The Labute approximate surface area is 186 Å². The van der Waals surface area contributed by atoms with Gasteiger partial charge in [0.05, 0.1) is 6.10 Å². The maximum absolute atomic E-state index is 10.3. The molecule has 0 amide bonds. The van der Waals surface area contributed by atoms with E-state index in [1.165, 1.54) is 37.7 Å². The highest BCUT2D eigenvalue weighted by Gasteiger charge is 2.50. The lowest BCUT2D eigenvalue weighted by Crippen LogP contribution is -2.35. The predicted octanol–water partition coefficient (Wildman–Crippen LogP) is 7.89. The van der Waals surface area contributed by atoms with Gasteiger partial charge in [0.25, 0.3) is 0 Å². The lowest BCUT2D eigenvalue weighted by molar-refractivity contribution is 0.112. The number of hydrogen-bond donors (Lipinski definition) is 1. The molecule has 1 nitrogen and oxygen atoms in total. The third kappa shape index (κ3) is 4.87. The maximum Gasteiger partial charge on any atom is 0.0789 e. The van der Waals surface area contributed by atoms with Gasteiger partial charge in [-0.1, -0.05) is 78.0 Å². The van der Waals surface area contributed by atoms with Gasteiger partial charge < -0.3 is 5.11 Å². The van der Waals surface area contributed by atoms with Crippen molar-refractivity contribution in [3.63, 3.8) is 0 Å². The molecule has 1 N–H and O–H groups in total. The van der Waals surface area contributed by atoms with Crippen LogP contribution in [0.3, 0.4) is 0 Å². The molecule has 0 saturated heterocycles. The normalized spacial score (nSPS) is 39.8. The minimum atomic E-state index is -0.355. The summed E-state index contributed by atoms with van der Waals surface area (Å²) >= 11 is 0. The van der Waals surface area contributed by atoms with Crippen LogP contribution in [0.15, 0.2) is 47.6 Å². The monoisotopic (exact) mass is 410 g/mol. The molecule has 0 radical (unpaired) electrons. The summed E-state index contributed by atoms with van der Waals surface area (Å²) < 4.78 is 0. The summed E-state index contributed by atoms with van der Waals surface area (Å²) in [5, 5.41) is 10.3. The topological polar surface area (TPSA) is 20.2 Å². The van der Waals surface area contributed by atoms with Crippen LogP contribution in [-0.4, -0.2) is 11.2 Å². The smallest absolute Gasteiger partial charge is 0.0789 e. The van der Waals surface area contributed by atoms with Gasteiger partial charge in [0, 0.05) is 0 Å². The van der Waals surface area contributed by atoms with Crippen LogP contribution in [0.1, 0.15) is 86.5 Å². The predicted molar refractivity (Wildman–Crippen MR) is 130 cm³/mol. The molecule has 0 aromatic rings. The van der Waals surface area contributed by atoms with Crippen LogP contribution < -0.4 is 0 Å². The first-order valence-electron chi connectivity index (χ1n) is 12.6. The molecule has 3 rings (SSSR count). The van der Waals surface area contributed by atoms with Gasteiger partial charge in [-0.2, -0.15) is 0 Å². The molecule has 3 fully saturated rings. The van der Waals surface area contributed by atoms with Crippen molar-refractivity contribution in [2.45, 2.75) is 92.6 Å². The minimum absolute atomic E-state index is 0.355. The maximum atomic E-state index is 10.3. The Hall–Kier alpha value is -1.08. The van der Waals surface area contributed by atoms with Crippen molar-refractivity contribution in [1.82, 2.24) is 0 Å². The van der Waals surface area contributed by atoms with Gasteiger partial charge in [-0.3, -0.25) is 0 Å². The van der Waals surface area contributed by atoms with Crippen LogP contribution in [0.4, 0.5) is 0 Å². The molecular weight excluding hydrogens is 364 g/mol. The van der Waals surface area contributed by atoms with E-state index in [0.717, 1.165) is 30.3 Å². The summed E-state index contributed by atoms with van der Waals surface area (Å²) in [5.74, 6) is 4.10. The first kappa shape index (κ1) is 23.6. The second-order valence-corrected chi connectivity index (χ2v) is 11.5. The molecule has 7 atom stereocenters. The van der Waals surface area contributed by atoms with Gasteiger partial charge in [-0.15, -0.1) is 0 Å². The SMILES string of the molecule is C=C1/C(=C\C=C2/CCC[C@]3(C)[C@@H]([C@H](C)/C=C/[C@H](C)C(C)C)CC[C@@H]23)C[C@@H](C)C[C@@H]1O. The van der Waals surface area contributed by atoms with Crippen LogP contribution in [-0.2, 0) is 0 Å². The van der Waals surface area contributed by atoms with E-state index in [0.29, 0.717) is 29.1 Å². The van der Waals surface area contributed by atoms with Gasteiger partial charge in [0.2, 0.25) is 0 Å². The van der Waals surface area contributed by atoms with Gasteiger partial charge in [0.1, 0.15) is 0 Å². The second-order valence-electron chi connectivity index (χ2n) is 11.5. The highest BCUT2D eigenvalue weighted by atomic mass is 16.3. The molecule has 0 aromatic heterocycles. The molecule has 0 spiro atoms. The number of allylic oxidation sites excluding steroid dienone is 5. The summed E-state index contributed by atoms with van der Waals surface area (Å²) in [4.78, 5) is 0. The van der Waals surface area contributed by atoms with Crippen molar-refractivity contribution in [3.8, 4) is 0 Å². The quantitative estimate of drug-likeness (QED) is 0.457. The van der Waals surface area contributed by atoms with E-state index in [1.807, 2.05) is 0 Å². The Morgan fingerprint density at radius 2 is 1.83 bits per heavy atom. The molecule has 168 valence electrons. The highest BCUT2D eigenvalue weighted by molar-refractivity contribution is 5.38. The summed E-state index contributed by atoms with van der Waals surface area (Å²) in [6.45, 7) is 18.4. The molecule has 1 heteroatoms. The lowest BCUT2D eigenvalue weighted by atomic mass is 9.61. The van der Waals surface area contributed by atoms with Crippen molar-refractivity contribution >= 4 is 0 Å². The molecule has 0 heterocycles. The Morgan fingerprint density at radius 1 is 1.10 bits per heavy atom. The second kappa shape index (κ2) is 9.60. The Balaban J connectivity index is 1.76. The van der Waals surface area contributed by atoms with Crippen molar-refractivity contribution in [3.05, 3.63) is 47.6 Å². The number of hydrogen-bond acceptors (Lipinski definition) is 1. The molecular formula is C29H46O. The summed E-state index contributed by atoms with van der Waals surface area (Å²) in [6.07, 6.45) is 17.9. The van der Waals surface area contributed by atoms with Crippen molar-refractivity contribution < 1.29 is 5.11 Å². The van der Waals surface area contributed by atoms with Crippen molar-refractivity contribution in [1.29, 1.82) is 0 Å². The summed E-state index contributed by atoms with van der Waals surface area (Å²) in [6, 6.07) is 0. The Bertz CT molecular complexity index is 708. The van der Waals surface area contributed by atoms with Gasteiger partial charge in [-0.05, 0) is 97.0 Å². The zero-order valence-electron chi connectivity index (χ0n) is 20.5. The zero-order valence-corrected chi connectivity index (χ0v) is 20.5. The summed E-state index contributed by atoms with van der Waals surface area (Å²) in [7, 11) is 0. The minimum Gasteiger partial charge on any atom is -0.388 e. The first-order valence-corrected chi connectivity index (χ1v) is 12.6. The third-order valence-corrected chi connectivity index (χ3v) is 8.95. The molecule has 3 saturated carbocycles.